The second kappa shape index (κ2) is 6.74. The molecule has 1 aromatic rings. The summed E-state index contributed by atoms with van der Waals surface area (Å²) in [5.41, 5.74) is 1.10. The number of hydrogen-bond acceptors (Lipinski definition) is 5. The molecule has 0 aromatic carbocycles. The van der Waals surface area contributed by atoms with Crippen molar-refractivity contribution < 1.29 is 4.79 Å². The van der Waals surface area contributed by atoms with Crippen LogP contribution in [0.1, 0.15) is 38.7 Å². The largest absolute Gasteiger partial charge is 0.370 e. The van der Waals surface area contributed by atoms with Crippen molar-refractivity contribution in [2.75, 3.05) is 43.4 Å². The highest BCUT2D eigenvalue weighted by molar-refractivity contribution is 5.82. The van der Waals surface area contributed by atoms with Crippen LogP contribution < -0.4 is 10.2 Å². The number of anilines is 2. The molecule has 1 amide bonds. The molecule has 6 nitrogen and oxygen atoms in total. The molecule has 0 unspecified atom stereocenters. The third-order valence-electron chi connectivity index (χ3n) is 3.74. The number of aromatic nitrogens is 2. The summed E-state index contributed by atoms with van der Waals surface area (Å²) in [5.74, 6) is 2.22. The van der Waals surface area contributed by atoms with Gasteiger partial charge < -0.3 is 15.1 Å². The Balaban J connectivity index is 2.32. The molecule has 0 bridgehead atoms. The standard InChI is InChI=1S/C15H25N5O/c1-5-6-16-14-13(11(2)3)15(18-10-17-14)20-8-7-19(4)12(21)9-20/h10-11H,5-9H2,1-4H3,(H,16,17,18). The Morgan fingerprint density at radius 3 is 2.71 bits per heavy atom. The van der Waals surface area contributed by atoms with Crippen LogP contribution in [0.2, 0.25) is 0 Å². The smallest absolute Gasteiger partial charge is 0.241 e. The van der Waals surface area contributed by atoms with Gasteiger partial charge in [-0.1, -0.05) is 20.8 Å². The topological polar surface area (TPSA) is 61.4 Å². The maximum Gasteiger partial charge on any atom is 0.241 e. The molecular formula is C15H25N5O. The van der Waals surface area contributed by atoms with Crippen LogP contribution in [-0.4, -0.2) is 54.0 Å². The van der Waals surface area contributed by atoms with Crippen LogP contribution in [0.5, 0.6) is 0 Å². The summed E-state index contributed by atoms with van der Waals surface area (Å²) >= 11 is 0. The van der Waals surface area contributed by atoms with Gasteiger partial charge in [0.15, 0.2) is 0 Å². The van der Waals surface area contributed by atoms with Gasteiger partial charge in [-0.2, -0.15) is 0 Å². The van der Waals surface area contributed by atoms with Crippen molar-refractivity contribution >= 4 is 17.5 Å². The van der Waals surface area contributed by atoms with Crippen molar-refractivity contribution in [1.82, 2.24) is 14.9 Å². The molecule has 2 rings (SSSR count). The molecule has 1 fully saturated rings. The summed E-state index contributed by atoms with van der Waals surface area (Å²) in [6, 6.07) is 0. The summed E-state index contributed by atoms with van der Waals surface area (Å²) in [7, 11) is 1.84. The zero-order valence-electron chi connectivity index (χ0n) is 13.4. The Bertz CT molecular complexity index is 503. The van der Waals surface area contributed by atoms with Crippen molar-refractivity contribution in [3.63, 3.8) is 0 Å². The number of nitrogens with zero attached hydrogens (tertiary/aromatic N) is 4. The van der Waals surface area contributed by atoms with E-state index in [4.69, 9.17) is 0 Å². The number of likely N-dealkylation sites (N-methyl/N-ethyl adjacent to an activating group) is 1. The monoisotopic (exact) mass is 291 g/mol. The molecule has 0 spiro atoms. The van der Waals surface area contributed by atoms with Crippen LogP contribution >= 0.6 is 0 Å². The number of hydrogen-bond donors (Lipinski definition) is 1. The maximum atomic E-state index is 11.9. The molecule has 116 valence electrons. The molecule has 0 saturated carbocycles. The first-order valence-corrected chi connectivity index (χ1v) is 7.62. The van der Waals surface area contributed by atoms with Gasteiger partial charge >= 0.3 is 0 Å². The highest BCUT2D eigenvalue weighted by Gasteiger charge is 2.26. The molecule has 6 heteroatoms. The lowest BCUT2D eigenvalue weighted by molar-refractivity contribution is -0.129. The van der Waals surface area contributed by atoms with Crippen LogP contribution in [0, 0.1) is 0 Å². The van der Waals surface area contributed by atoms with Crippen molar-refractivity contribution in [3.05, 3.63) is 11.9 Å². The molecule has 1 aliphatic heterocycles. The van der Waals surface area contributed by atoms with E-state index < -0.39 is 0 Å². The van der Waals surface area contributed by atoms with E-state index in [1.807, 2.05) is 7.05 Å². The number of carbonyl (C=O) groups is 1. The van der Waals surface area contributed by atoms with Crippen LogP contribution in [0.15, 0.2) is 6.33 Å². The average molecular weight is 291 g/mol. The van der Waals surface area contributed by atoms with Crippen LogP contribution in [-0.2, 0) is 4.79 Å². The molecule has 2 heterocycles. The fourth-order valence-corrected chi connectivity index (χ4v) is 2.49. The normalized spacial score (nSPS) is 15.8. The molecule has 1 aromatic heterocycles. The summed E-state index contributed by atoms with van der Waals surface area (Å²) in [4.78, 5) is 24.6. The lowest BCUT2D eigenvalue weighted by Crippen LogP contribution is -2.49. The van der Waals surface area contributed by atoms with Gasteiger partial charge in [0.1, 0.15) is 18.0 Å². The minimum absolute atomic E-state index is 0.137. The lowest BCUT2D eigenvalue weighted by atomic mass is 10.0. The van der Waals surface area contributed by atoms with Crippen molar-refractivity contribution in [2.45, 2.75) is 33.1 Å². The van der Waals surface area contributed by atoms with Gasteiger partial charge in [0.25, 0.3) is 0 Å². The van der Waals surface area contributed by atoms with Crippen molar-refractivity contribution in [3.8, 4) is 0 Å². The zero-order chi connectivity index (χ0) is 15.4. The minimum Gasteiger partial charge on any atom is -0.370 e. The Morgan fingerprint density at radius 2 is 2.10 bits per heavy atom. The third kappa shape index (κ3) is 3.43. The second-order valence-corrected chi connectivity index (χ2v) is 5.78. The predicted octanol–water partition coefficient (Wildman–Crippen LogP) is 1.70. The van der Waals surface area contributed by atoms with E-state index in [0.717, 1.165) is 43.3 Å². The van der Waals surface area contributed by atoms with Gasteiger partial charge in [-0.25, -0.2) is 9.97 Å². The van der Waals surface area contributed by atoms with Gasteiger partial charge in [0.05, 0.1) is 6.54 Å². The number of amides is 1. The summed E-state index contributed by atoms with van der Waals surface area (Å²) in [6.45, 7) is 9.22. The fourth-order valence-electron chi connectivity index (χ4n) is 2.49. The van der Waals surface area contributed by atoms with E-state index in [2.05, 4.69) is 41.0 Å². The van der Waals surface area contributed by atoms with E-state index >= 15 is 0 Å². The highest BCUT2D eigenvalue weighted by Crippen LogP contribution is 2.31. The zero-order valence-corrected chi connectivity index (χ0v) is 13.4. The van der Waals surface area contributed by atoms with Gasteiger partial charge in [-0.15, -0.1) is 0 Å². The fraction of sp³-hybridized carbons (Fsp3) is 0.667. The SMILES string of the molecule is CCCNc1ncnc(N2CCN(C)C(=O)C2)c1C(C)C. The first kappa shape index (κ1) is 15.5. The molecule has 0 atom stereocenters. The minimum atomic E-state index is 0.137. The molecule has 0 radical (unpaired) electrons. The van der Waals surface area contributed by atoms with Crippen LogP contribution in [0.3, 0.4) is 0 Å². The van der Waals surface area contributed by atoms with E-state index in [1.54, 1.807) is 11.2 Å². The van der Waals surface area contributed by atoms with E-state index in [0.29, 0.717) is 12.5 Å². The van der Waals surface area contributed by atoms with Gasteiger partial charge in [-0.3, -0.25) is 4.79 Å². The van der Waals surface area contributed by atoms with Gasteiger partial charge in [0.2, 0.25) is 5.91 Å². The molecule has 1 saturated heterocycles. The number of piperazine rings is 1. The Kier molecular flexibility index (Phi) is 4.98. The predicted molar refractivity (Wildman–Crippen MR) is 84.8 cm³/mol. The number of rotatable bonds is 5. The number of nitrogens with one attached hydrogen (secondary N) is 1. The Hall–Kier alpha value is -1.85. The highest BCUT2D eigenvalue weighted by atomic mass is 16.2. The molecule has 1 aliphatic rings. The number of carbonyl (C=O) groups excluding carboxylic acids is 1. The quantitative estimate of drug-likeness (QED) is 0.894. The summed E-state index contributed by atoms with van der Waals surface area (Å²) < 4.78 is 0. The average Bonchev–Trinajstić information content (AvgIpc) is 2.47. The van der Waals surface area contributed by atoms with Crippen LogP contribution in [0.4, 0.5) is 11.6 Å². The van der Waals surface area contributed by atoms with Gasteiger partial charge in [-0.05, 0) is 12.3 Å². The summed E-state index contributed by atoms with van der Waals surface area (Å²) in [5, 5.41) is 3.37. The second-order valence-electron chi connectivity index (χ2n) is 5.78. The molecule has 0 aliphatic carbocycles. The first-order chi connectivity index (χ1) is 10.0. The van der Waals surface area contributed by atoms with E-state index in [9.17, 15) is 4.79 Å². The van der Waals surface area contributed by atoms with E-state index in [1.165, 1.54) is 0 Å². The Labute approximate surface area is 126 Å². The maximum absolute atomic E-state index is 11.9. The molecule has 21 heavy (non-hydrogen) atoms. The first-order valence-electron chi connectivity index (χ1n) is 7.62. The van der Waals surface area contributed by atoms with Crippen molar-refractivity contribution in [1.29, 1.82) is 0 Å². The van der Waals surface area contributed by atoms with E-state index in [-0.39, 0.29) is 5.91 Å². The summed E-state index contributed by atoms with van der Waals surface area (Å²) in [6.07, 6.45) is 2.63. The van der Waals surface area contributed by atoms with Crippen molar-refractivity contribution in [2.24, 2.45) is 0 Å². The molecule has 1 N–H and O–H groups in total. The van der Waals surface area contributed by atoms with Crippen LogP contribution in [0.25, 0.3) is 0 Å². The third-order valence-corrected chi connectivity index (χ3v) is 3.74. The Morgan fingerprint density at radius 1 is 1.33 bits per heavy atom. The van der Waals surface area contributed by atoms with Gasteiger partial charge in [0, 0.05) is 32.2 Å². The lowest BCUT2D eigenvalue weighted by Gasteiger charge is -2.34. The molecular weight excluding hydrogens is 266 g/mol.